The monoisotopic (exact) mass is 299 g/mol. The summed E-state index contributed by atoms with van der Waals surface area (Å²) in [7, 11) is 0. The Morgan fingerprint density at radius 1 is 0.800 bits per heavy atom. The highest BCUT2D eigenvalue weighted by Gasteiger charge is 2.16. The molecule has 0 spiro atoms. The van der Waals surface area contributed by atoms with Crippen LogP contribution in [0.2, 0.25) is 0 Å². The van der Waals surface area contributed by atoms with Gasteiger partial charge in [-0.25, -0.2) is 0 Å². The van der Waals surface area contributed by atoms with Gasteiger partial charge in [-0.15, -0.1) is 30.3 Å². The van der Waals surface area contributed by atoms with E-state index in [-0.39, 0.29) is 13.2 Å². The molecule has 116 valence electrons. The molecule has 0 saturated heterocycles. The molecule has 13 nitrogen and oxygen atoms in total. The van der Waals surface area contributed by atoms with Crippen molar-refractivity contribution in [2.75, 3.05) is 26.4 Å². The van der Waals surface area contributed by atoms with Crippen molar-refractivity contribution in [1.82, 2.24) is 0 Å². The largest absolute Gasteiger partial charge is 0.374 e. The van der Waals surface area contributed by atoms with Crippen molar-refractivity contribution in [3.05, 3.63) is 30.3 Å². The van der Waals surface area contributed by atoms with Crippen LogP contribution in [-0.2, 0) is 19.2 Å². The maximum atomic E-state index is 10.0. The van der Waals surface area contributed by atoms with Gasteiger partial charge in [-0.3, -0.25) is 0 Å². The van der Waals surface area contributed by atoms with E-state index in [9.17, 15) is 30.3 Å². The zero-order valence-electron chi connectivity index (χ0n) is 10.4. The van der Waals surface area contributed by atoms with E-state index in [1.54, 1.807) is 6.92 Å². The van der Waals surface area contributed by atoms with Crippen LogP contribution in [0.25, 0.3) is 0 Å². The second-order valence-electron chi connectivity index (χ2n) is 3.62. The zero-order valence-corrected chi connectivity index (χ0v) is 10.4. The highest BCUT2D eigenvalue weighted by Crippen LogP contribution is 2.03. The summed E-state index contributed by atoms with van der Waals surface area (Å²) in [6, 6.07) is 0. The van der Waals surface area contributed by atoms with Gasteiger partial charge in [-0.1, -0.05) is 6.92 Å². The van der Waals surface area contributed by atoms with Gasteiger partial charge in [0.2, 0.25) is 0 Å². The fourth-order valence-corrected chi connectivity index (χ4v) is 0.969. The van der Waals surface area contributed by atoms with E-state index in [1.807, 2.05) is 0 Å². The standard InChI is InChI=1S/C7H13N3O10/c1-6(3-18-8(11)12)2-17-7(4-19-9(13)14)5-20-10(15)16/h6-7H,2-5H2,1H3. The lowest BCUT2D eigenvalue weighted by Gasteiger charge is -2.18. The van der Waals surface area contributed by atoms with Gasteiger partial charge < -0.3 is 19.2 Å². The van der Waals surface area contributed by atoms with Gasteiger partial charge in [-0.05, 0) is 0 Å². The van der Waals surface area contributed by atoms with Gasteiger partial charge in [0.25, 0.3) is 15.3 Å². The van der Waals surface area contributed by atoms with Crippen LogP contribution in [0.15, 0.2) is 0 Å². The van der Waals surface area contributed by atoms with Crippen molar-refractivity contribution in [2.45, 2.75) is 13.0 Å². The van der Waals surface area contributed by atoms with Crippen LogP contribution in [0.1, 0.15) is 6.92 Å². The average Bonchev–Trinajstić information content (AvgIpc) is 2.34. The maximum Gasteiger partial charge on any atom is 0.294 e. The Morgan fingerprint density at radius 2 is 1.20 bits per heavy atom. The third-order valence-electron chi connectivity index (χ3n) is 1.81. The Hall–Kier alpha value is -2.44. The molecule has 0 amide bonds. The summed E-state index contributed by atoms with van der Waals surface area (Å²) in [6.45, 7) is 0.100. The van der Waals surface area contributed by atoms with Crippen LogP contribution < -0.4 is 0 Å². The van der Waals surface area contributed by atoms with Gasteiger partial charge in [-0.2, -0.15) is 0 Å². The summed E-state index contributed by atoms with van der Waals surface area (Å²) in [6.07, 6.45) is -1.07. The summed E-state index contributed by atoms with van der Waals surface area (Å²) >= 11 is 0. The van der Waals surface area contributed by atoms with Crippen molar-refractivity contribution in [3.8, 4) is 0 Å². The molecule has 13 heteroatoms. The lowest BCUT2D eigenvalue weighted by molar-refractivity contribution is -0.769. The van der Waals surface area contributed by atoms with Crippen LogP contribution in [-0.4, -0.2) is 47.8 Å². The minimum absolute atomic E-state index is 0.0827. The number of hydrogen-bond donors (Lipinski definition) is 0. The maximum absolute atomic E-state index is 10.0. The molecule has 0 aromatic heterocycles. The number of hydrogen-bond acceptors (Lipinski definition) is 10. The third-order valence-corrected chi connectivity index (χ3v) is 1.81. The van der Waals surface area contributed by atoms with Gasteiger partial charge >= 0.3 is 0 Å². The molecule has 0 bridgehead atoms. The average molecular weight is 299 g/mol. The van der Waals surface area contributed by atoms with Gasteiger partial charge in [0.15, 0.2) is 0 Å². The molecule has 0 N–H and O–H groups in total. The molecular formula is C7H13N3O10. The summed E-state index contributed by atoms with van der Waals surface area (Å²) in [5, 5.41) is 26.8. The predicted molar refractivity (Wildman–Crippen MR) is 57.7 cm³/mol. The van der Waals surface area contributed by atoms with Crippen LogP contribution >= 0.6 is 0 Å². The second-order valence-corrected chi connectivity index (χ2v) is 3.62. The van der Waals surface area contributed by atoms with Crippen LogP contribution in [0.3, 0.4) is 0 Å². The van der Waals surface area contributed by atoms with E-state index in [2.05, 4.69) is 14.5 Å². The first-order chi connectivity index (χ1) is 9.31. The van der Waals surface area contributed by atoms with Crippen LogP contribution in [0.4, 0.5) is 0 Å². The van der Waals surface area contributed by atoms with E-state index >= 15 is 0 Å². The Morgan fingerprint density at radius 3 is 1.60 bits per heavy atom. The van der Waals surface area contributed by atoms with Gasteiger partial charge in [0.05, 0.1) is 6.61 Å². The minimum atomic E-state index is -1.08. The fourth-order valence-electron chi connectivity index (χ4n) is 0.969. The van der Waals surface area contributed by atoms with E-state index in [0.717, 1.165) is 0 Å². The van der Waals surface area contributed by atoms with Crippen molar-refractivity contribution in [1.29, 1.82) is 0 Å². The molecule has 0 rings (SSSR count). The van der Waals surface area contributed by atoms with Gasteiger partial charge in [0.1, 0.15) is 25.9 Å². The summed E-state index contributed by atoms with van der Waals surface area (Å²) in [5.41, 5.74) is 0. The molecule has 0 aliphatic rings. The minimum Gasteiger partial charge on any atom is -0.374 e. The van der Waals surface area contributed by atoms with E-state index in [4.69, 9.17) is 4.74 Å². The number of nitrogens with zero attached hydrogens (tertiary/aromatic N) is 3. The van der Waals surface area contributed by atoms with Gasteiger partial charge in [0, 0.05) is 5.92 Å². The van der Waals surface area contributed by atoms with E-state index < -0.39 is 40.5 Å². The van der Waals surface area contributed by atoms with E-state index in [0.29, 0.717) is 0 Å². The second kappa shape index (κ2) is 9.48. The first kappa shape index (κ1) is 17.6. The zero-order chi connectivity index (χ0) is 15.5. The Labute approximate surface area is 111 Å². The Balaban J connectivity index is 4.08. The molecule has 0 aliphatic carbocycles. The molecule has 0 saturated carbocycles. The molecule has 0 radical (unpaired) electrons. The smallest absolute Gasteiger partial charge is 0.294 e. The molecule has 0 heterocycles. The first-order valence-corrected chi connectivity index (χ1v) is 5.24. The topological polar surface area (TPSA) is 166 Å². The number of ether oxygens (including phenoxy) is 1. The Kier molecular flexibility index (Phi) is 8.33. The highest BCUT2D eigenvalue weighted by molar-refractivity contribution is 4.56. The van der Waals surface area contributed by atoms with E-state index in [1.165, 1.54) is 0 Å². The normalized spacial score (nSPS) is 11.7. The Bertz CT molecular complexity index is 319. The van der Waals surface area contributed by atoms with Crippen LogP contribution in [0, 0.1) is 36.3 Å². The van der Waals surface area contributed by atoms with Crippen LogP contribution in [0.5, 0.6) is 0 Å². The summed E-state index contributed by atoms with van der Waals surface area (Å²) in [4.78, 5) is 42.1. The van der Waals surface area contributed by atoms with Crippen molar-refractivity contribution < 1.29 is 34.5 Å². The van der Waals surface area contributed by atoms with Crippen molar-refractivity contribution >= 4 is 0 Å². The molecule has 1 atom stereocenters. The first-order valence-electron chi connectivity index (χ1n) is 5.24. The van der Waals surface area contributed by atoms with Crippen molar-refractivity contribution in [2.24, 2.45) is 5.92 Å². The highest BCUT2D eigenvalue weighted by atomic mass is 17.0. The molecule has 0 aromatic carbocycles. The molecule has 0 aromatic rings. The summed E-state index contributed by atoms with van der Waals surface area (Å²) in [5.74, 6) is -0.408. The SMILES string of the molecule is CC(COC(CO[N+](=O)[O-])CO[N+](=O)[O-])CO[N+](=O)[O-]. The lowest BCUT2D eigenvalue weighted by Crippen LogP contribution is -2.30. The molecule has 1 unspecified atom stereocenters. The van der Waals surface area contributed by atoms with Crippen molar-refractivity contribution in [3.63, 3.8) is 0 Å². The molecule has 0 fully saturated rings. The number of rotatable bonds is 12. The molecule has 20 heavy (non-hydrogen) atoms. The fraction of sp³-hybridized carbons (Fsp3) is 1.00. The molecular weight excluding hydrogens is 286 g/mol. The lowest BCUT2D eigenvalue weighted by atomic mass is 10.2. The quantitative estimate of drug-likeness (QED) is 0.342. The summed E-state index contributed by atoms with van der Waals surface area (Å²) < 4.78 is 5.08. The molecule has 0 aliphatic heterocycles. The third kappa shape index (κ3) is 10.7. The predicted octanol–water partition coefficient (Wildman–Crippen LogP) is -0.367.